The number of hydrogen-bond donors (Lipinski definition) is 0. The number of hydrogen-bond acceptors (Lipinski definition) is 2. The lowest BCUT2D eigenvalue weighted by Crippen LogP contribution is -2.20. The van der Waals surface area contributed by atoms with E-state index in [1.54, 1.807) is 0 Å². The van der Waals surface area contributed by atoms with Gasteiger partial charge in [0.2, 0.25) is 0 Å². The van der Waals surface area contributed by atoms with E-state index >= 15 is 0 Å². The highest BCUT2D eigenvalue weighted by molar-refractivity contribution is 5.20. The van der Waals surface area contributed by atoms with Crippen LogP contribution in [-0.4, -0.2) is 12.7 Å². The van der Waals surface area contributed by atoms with E-state index in [2.05, 4.69) is 19.1 Å². The van der Waals surface area contributed by atoms with Crippen molar-refractivity contribution in [2.24, 2.45) is 0 Å². The summed E-state index contributed by atoms with van der Waals surface area (Å²) >= 11 is 0. The lowest BCUT2D eigenvalue weighted by atomic mass is 10.2. The molecule has 2 aromatic carbocycles. The molecule has 100 valence electrons. The molecule has 2 aromatic rings. The highest BCUT2D eigenvalue weighted by Crippen LogP contribution is 2.11. The molecule has 0 aliphatic heterocycles. The van der Waals surface area contributed by atoms with Crippen molar-refractivity contribution in [3.8, 4) is 5.75 Å². The van der Waals surface area contributed by atoms with E-state index in [0.717, 1.165) is 12.2 Å². The maximum absolute atomic E-state index is 5.87. The average Bonchev–Trinajstić information content (AvgIpc) is 2.49. The van der Waals surface area contributed by atoms with Crippen LogP contribution in [0.25, 0.3) is 0 Å². The SMILES string of the molecule is CCC(COc1ccccc1)OCc1ccccc1. The van der Waals surface area contributed by atoms with Crippen LogP contribution in [0.1, 0.15) is 18.9 Å². The van der Waals surface area contributed by atoms with Gasteiger partial charge in [0.15, 0.2) is 0 Å². The van der Waals surface area contributed by atoms with Crippen LogP contribution in [0.2, 0.25) is 0 Å². The van der Waals surface area contributed by atoms with Gasteiger partial charge in [-0.15, -0.1) is 0 Å². The highest BCUT2D eigenvalue weighted by atomic mass is 16.5. The Morgan fingerprint density at radius 2 is 1.53 bits per heavy atom. The van der Waals surface area contributed by atoms with Gasteiger partial charge in [-0.1, -0.05) is 55.5 Å². The van der Waals surface area contributed by atoms with E-state index < -0.39 is 0 Å². The lowest BCUT2D eigenvalue weighted by Gasteiger charge is -2.17. The van der Waals surface area contributed by atoms with E-state index in [9.17, 15) is 0 Å². The zero-order valence-electron chi connectivity index (χ0n) is 11.3. The molecule has 0 fully saturated rings. The van der Waals surface area contributed by atoms with E-state index in [4.69, 9.17) is 9.47 Å². The van der Waals surface area contributed by atoms with Gasteiger partial charge in [0.25, 0.3) is 0 Å². The van der Waals surface area contributed by atoms with Gasteiger partial charge in [0.1, 0.15) is 12.4 Å². The second-order valence-corrected chi connectivity index (χ2v) is 4.45. The van der Waals surface area contributed by atoms with Crippen LogP contribution in [0.4, 0.5) is 0 Å². The van der Waals surface area contributed by atoms with Gasteiger partial charge in [-0.2, -0.15) is 0 Å². The Labute approximate surface area is 115 Å². The first kappa shape index (κ1) is 13.6. The van der Waals surface area contributed by atoms with Gasteiger partial charge in [0.05, 0.1) is 12.7 Å². The van der Waals surface area contributed by atoms with Crippen LogP contribution < -0.4 is 4.74 Å². The van der Waals surface area contributed by atoms with Crippen molar-refractivity contribution in [3.05, 3.63) is 66.2 Å². The minimum Gasteiger partial charge on any atom is -0.491 e. The van der Waals surface area contributed by atoms with Crippen molar-refractivity contribution < 1.29 is 9.47 Å². The molecular weight excluding hydrogens is 236 g/mol. The second-order valence-electron chi connectivity index (χ2n) is 4.45. The van der Waals surface area contributed by atoms with Crippen molar-refractivity contribution in [1.29, 1.82) is 0 Å². The van der Waals surface area contributed by atoms with Gasteiger partial charge in [-0.05, 0) is 24.1 Å². The zero-order chi connectivity index (χ0) is 13.3. The highest BCUT2D eigenvalue weighted by Gasteiger charge is 2.07. The molecule has 2 rings (SSSR count). The fourth-order valence-corrected chi connectivity index (χ4v) is 1.78. The van der Waals surface area contributed by atoms with Crippen LogP contribution in [-0.2, 0) is 11.3 Å². The lowest BCUT2D eigenvalue weighted by molar-refractivity contribution is 0.00750. The third-order valence-electron chi connectivity index (χ3n) is 2.96. The topological polar surface area (TPSA) is 18.5 Å². The van der Waals surface area contributed by atoms with Gasteiger partial charge in [-0.25, -0.2) is 0 Å². The van der Waals surface area contributed by atoms with Crippen molar-refractivity contribution in [2.75, 3.05) is 6.61 Å². The first-order valence-corrected chi connectivity index (χ1v) is 6.72. The minimum atomic E-state index is 0.125. The van der Waals surface area contributed by atoms with E-state index in [-0.39, 0.29) is 6.10 Å². The van der Waals surface area contributed by atoms with Gasteiger partial charge >= 0.3 is 0 Å². The molecular formula is C17H20O2. The summed E-state index contributed by atoms with van der Waals surface area (Å²) in [6.45, 7) is 3.34. The summed E-state index contributed by atoms with van der Waals surface area (Å²) in [5.74, 6) is 0.893. The molecule has 1 unspecified atom stereocenters. The summed E-state index contributed by atoms with van der Waals surface area (Å²) in [6.07, 6.45) is 1.07. The maximum atomic E-state index is 5.87. The molecule has 0 heterocycles. The molecule has 0 saturated carbocycles. The quantitative estimate of drug-likeness (QED) is 0.743. The van der Waals surface area contributed by atoms with Gasteiger partial charge in [0, 0.05) is 0 Å². The van der Waals surface area contributed by atoms with Crippen molar-refractivity contribution in [3.63, 3.8) is 0 Å². The molecule has 0 aromatic heterocycles. The largest absolute Gasteiger partial charge is 0.491 e. The Kier molecular flexibility index (Phi) is 5.45. The van der Waals surface area contributed by atoms with Gasteiger partial charge < -0.3 is 9.47 Å². The number of para-hydroxylation sites is 1. The fourth-order valence-electron chi connectivity index (χ4n) is 1.78. The molecule has 0 bridgehead atoms. The molecule has 19 heavy (non-hydrogen) atoms. The van der Waals surface area contributed by atoms with Gasteiger partial charge in [-0.3, -0.25) is 0 Å². The molecule has 2 nitrogen and oxygen atoms in total. The second kappa shape index (κ2) is 7.59. The predicted molar refractivity (Wildman–Crippen MR) is 77.2 cm³/mol. The first-order valence-electron chi connectivity index (χ1n) is 6.72. The first-order chi connectivity index (χ1) is 9.38. The van der Waals surface area contributed by atoms with Crippen molar-refractivity contribution in [1.82, 2.24) is 0 Å². The molecule has 0 amide bonds. The Balaban J connectivity index is 1.77. The summed E-state index contributed by atoms with van der Waals surface area (Å²) < 4.78 is 11.6. The summed E-state index contributed by atoms with van der Waals surface area (Å²) in [7, 11) is 0. The number of rotatable bonds is 7. The molecule has 1 atom stereocenters. The maximum Gasteiger partial charge on any atom is 0.119 e. The average molecular weight is 256 g/mol. The summed E-state index contributed by atoms with van der Waals surface area (Å²) in [6, 6.07) is 20.1. The Morgan fingerprint density at radius 3 is 2.16 bits per heavy atom. The molecule has 0 aliphatic rings. The Hall–Kier alpha value is -1.80. The summed E-state index contributed by atoms with van der Waals surface area (Å²) in [5, 5.41) is 0. The van der Waals surface area contributed by atoms with Crippen LogP contribution >= 0.6 is 0 Å². The molecule has 0 N–H and O–H groups in total. The molecule has 0 spiro atoms. The standard InChI is InChI=1S/C17H20O2/c1-2-16(14-19-17-11-7-4-8-12-17)18-13-15-9-5-3-6-10-15/h3-12,16H,2,13-14H2,1H3. The Bertz CT molecular complexity index is 410. The van der Waals surface area contributed by atoms with Crippen LogP contribution in [0.5, 0.6) is 5.75 Å². The summed E-state index contributed by atoms with van der Waals surface area (Å²) in [4.78, 5) is 0. The van der Waals surface area contributed by atoms with Crippen molar-refractivity contribution in [2.45, 2.75) is 26.1 Å². The number of benzene rings is 2. The molecule has 0 radical (unpaired) electrons. The van der Waals surface area contributed by atoms with Crippen LogP contribution in [0.3, 0.4) is 0 Å². The fraction of sp³-hybridized carbons (Fsp3) is 0.294. The van der Waals surface area contributed by atoms with Crippen LogP contribution in [0, 0.1) is 0 Å². The molecule has 2 heteroatoms. The van der Waals surface area contributed by atoms with E-state index in [1.807, 2.05) is 48.5 Å². The molecule has 0 saturated heterocycles. The third kappa shape index (κ3) is 4.76. The van der Waals surface area contributed by atoms with E-state index in [0.29, 0.717) is 13.2 Å². The summed E-state index contributed by atoms with van der Waals surface area (Å²) in [5.41, 5.74) is 1.20. The van der Waals surface area contributed by atoms with Crippen LogP contribution in [0.15, 0.2) is 60.7 Å². The molecule has 0 aliphatic carbocycles. The number of ether oxygens (including phenoxy) is 2. The zero-order valence-corrected chi connectivity index (χ0v) is 11.3. The monoisotopic (exact) mass is 256 g/mol. The Morgan fingerprint density at radius 1 is 0.895 bits per heavy atom. The normalized spacial score (nSPS) is 12.1. The smallest absolute Gasteiger partial charge is 0.119 e. The van der Waals surface area contributed by atoms with Crippen molar-refractivity contribution >= 4 is 0 Å². The van der Waals surface area contributed by atoms with E-state index in [1.165, 1.54) is 5.56 Å². The minimum absolute atomic E-state index is 0.125. The predicted octanol–water partition coefficient (Wildman–Crippen LogP) is 4.06. The third-order valence-corrected chi connectivity index (χ3v) is 2.96.